The van der Waals surface area contributed by atoms with Crippen LogP contribution in [0.15, 0.2) is 0 Å². The number of nitrogens with two attached hydrogens (primary N) is 1. The summed E-state index contributed by atoms with van der Waals surface area (Å²) in [6.07, 6.45) is 0.0559. The SMILES string of the molecule is NC1CC2C(=O)N[C@@H](CC(=O)O)C(=O)N2C1. The number of piperazine rings is 1. The number of carboxylic acid groups (broad SMARTS) is 1. The van der Waals surface area contributed by atoms with Crippen molar-refractivity contribution in [2.45, 2.75) is 31.0 Å². The van der Waals surface area contributed by atoms with Crippen molar-refractivity contribution in [3.63, 3.8) is 0 Å². The van der Waals surface area contributed by atoms with Crippen molar-refractivity contribution in [3.8, 4) is 0 Å². The van der Waals surface area contributed by atoms with Crippen LogP contribution >= 0.6 is 0 Å². The highest BCUT2D eigenvalue weighted by Gasteiger charge is 2.45. The molecule has 0 saturated carbocycles. The summed E-state index contributed by atoms with van der Waals surface area (Å²) in [6.45, 7) is 0.326. The Kier molecular flexibility index (Phi) is 2.55. The summed E-state index contributed by atoms with van der Waals surface area (Å²) < 4.78 is 0. The molecule has 16 heavy (non-hydrogen) atoms. The summed E-state index contributed by atoms with van der Waals surface area (Å²) in [5.74, 6) is -1.76. The number of hydrogen-bond donors (Lipinski definition) is 3. The first kappa shape index (κ1) is 10.9. The van der Waals surface area contributed by atoms with E-state index in [1.165, 1.54) is 4.90 Å². The zero-order chi connectivity index (χ0) is 11.9. The first-order chi connectivity index (χ1) is 7.49. The highest BCUT2D eigenvalue weighted by molar-refractivity contribution is 5.99. The van der Waals surface area contributed by atoms with Crippen molar-refractivity contribution in [1.29, 1.82) is 0 Å². The molecule has 2 amide bonds. The second-order valence-electron chi connectivity index (χ2n) is 4.16. The van der Waals surface area contributed by atoms with Crippen molar-refractivity contribution >= 4 is 17.8 Å². The van der Waals surface area contributed by atoms with Gasteiger partial charge in [-0.1, -0.05) is 0 Å². The van der Waals surface area contributed by atoms with Gasteiger partial charge < -0.3 is 21.1 Å². The lowest BCUT2D eigenvalue weighted by molar-refractivity contribution is -0.150. The first-order valence-corrected chi connectivity index (χ1v) is 5.07. The predicted octanol–water partition coefficient (Wildman–Crippen LogP) is -2.11. The maximum Gasteiger partial charge on any atom is 0.305 e. The van der Waals surface area contributed by atoms with Crippen LogP contribution in [-0.4, -0.2) is 52.5 Å². The van der Waals surface area contributed by atoms with Gasteiger partial charge in [0.1, 0.15) is 12.1 Å². The summed E-state index contributed by atoms with van der Waals surface area (Å²) in [6, 6.07) is -1.68. The topological polar surface area (TPSA) is 113 Å². The zero-order valence-corrected chi connectivity index (χ0v) is 8.55. The van der Waals surface area contributed by atoms with Crippen LogP contribution in [0.2, 0.25) is 0 Å². The summed E-state index contributed by atoms with van der Waals surface area (Å²) in [4.78, 5) is 35.3. The highest BCUT2D eigenvalue weighted by Crippen LogP contribution is 2.22. The normalized spacial score (nSPS) is 33.6. The lowest BCUT2D eigenvalue weighted by Gasteiger charge is -2.33. The Morgan fingerprint density at radius 2 is 2.25 bits per heavy atom. The molecule has 0 radical (unpaired) electrons. The van der Waals surface area contributed by atoms with Crippen molar-refractivity contribution in [1.82, 2.24) is 10.2 Å². The molecule has 2 aliphatic heterocycles. The maximum absolute atomic E-state index is 11.8. The minimum Gasteiger partial charge on any atom is -0.481 e. The van der Waals surface area contributed by atoms with Gasteiger partial charge in [0.25, 0.3) is 0 Å². The molecule has 2 fully saturated rings. The monoisotopic (exact) mass is 227 g/mol. The number of nitrogens with zero attached hydrogens (tertiary/aromatic N) is 1. The zero-order valence-electron chi connectivity index (χ0n) is 8.55. The Hall–Kier alpha value is -1.63. The fourth-order valence-electron chi connectivity index (χ4n) is 2.20. The Balaban J connectivity index is 2.15. The van der Waals surface area contributed by atoms with E-state index in [9.17, 15) is 14.4 Å². The van der Waals surface area contributed by atoms with Crippen molar-refractivity contribution in [2.75, 3.05) is 6.54 Å². The molecule has 0 bridgehead atoms. The van der Waals surface area contributed by atoms with Gasteiger partial charge in [-0.05, 0) is 6.42 Å². The average Bonchev–Trinajstić information content (AvgIpc) is 2.56. The van der Waals surface area contributed by atoms with E-state index in [-0.39, 0.29) is 24.3 Å². The number of nitrogens with one attached hydrogen (secondary N) is 1. The molecule has 2 aliphatic rings. The van der Waals surface area contributed by atoms with E-state index in [0.29, 0.717) is 13.0 Å². The lowest BCUT2D eigenvalue weighted by atomic mass is 10.1. The molecule has 2 saturated heterocycles. The smallest absolute Gasteiger partial charge is 0.305 e. The number of carboxylic acids is 1. The van der Waals surface area contributed by atoms with Crippen LogP contribution in [0.5, 0.6) is 0 Å². The second-order valence-corrected chi connectivity index (χ2v) is 4.16. The molecule has 7 nitrogen and oxygen atoms in total. The van der Waals surface area contributed by atoms with E-state index < -0.39 is 18.1 Å². The number of amides is 2. The minimum absolute atomic E-state index is 0.205. The first-order valence-electron chi connectivity index (χ1n) is 5.07. The van der Waals surface area contributed by atoms with Crippen molar-refractivity contribution in [2.24, 2.45) is 5.73 Å². The van der Waals surface area contributed by atoms with Gasteiger partial charge in [-0.2, -0.15) is 0 Å². The molecule has 0 aromatic heterocycles. The third-order valence-corrected chi connectivity index (χ3v) is 2.91. The van der Waals surface area contributed by atoms with Crippen LogP contribution < -0.4 is 11.1 Å². The van der Waals surface area contributed by atoms with Gasteiger partial charge in [-0.3, -0.25) is 14.4 Å². The largest absolute Gasteiger partial charge is 0.481 e. The minimum atomic E-state index is -1.11. The van der Waals surface area contributed by atoms with Gasteiger partial charge in [-0.25, -0.2) is 0 Å². The van der Waals surface area contributed by atoms with E-state index in [1.807, 2.05) is 0 Å². The second kappa shape index (κ2) is 3.75. The van der Waals surface area contributed by atoms with Crippen LogP contribution in [0.4, 0.5) is 0 Å². The number of aliphatic carboxylic acids is 1. The molecule has 0 aromatic rings. The molecular weight excluding hydrogens is 214 g/mol. The van der Waals surface area contributed by atoms with Gasteiger partial charge in [0.15, 0.2) is 0 Å². The molecule has 2 rings (SSSR count). The highest BCUT2D eigenvalue weighted by atomic mass is 16.4. The van der Waals surface area contributed by atoms with Crippen molar-refractivity contribution in [3.05, 3.63) is 0 Å². The summed E-state index contributed by atoms with van der Waals surface area (Å²) in [5, 5.41) is 11.0. The number of rotatable bonds is 2. The summed E-state index contributed by atoms with van der Waals surface area (Å²) in [5.41, 5.74) is 5.68. The number of fused-ring (bicyclic) bond motifs is 1. The van der Waals surface area contributed by atoms with Gasteiger partial charge >= 0.3 is 5.97 Å². The number of hydrogen-bond acceptors (Lipinski definition) is 4. The third-order valence-electron chi connectivity index (χ3n) is 2.91. The van der Waals surface area contributed by atoms with Crippen LogP contribution in [0.25, 0.3) is 0 Å². The standard InChI is InChI=1S/C9H13N3O4/c10-4-1-6-8(15)11-5(2-7(13)14)9(16)12(6)3-4/h4-6H,1-3,10H2,(H,11,15)(H,13,14)/t4?,5-,6?/m0/s1. The van der Waals surface area contributed by atoms with E-state index >= 15 is 0 Å². The van der Waals surface area contributed by atoms with E-state index in [4.69, 9.17) is 10.8 Å². The van der Waals surface area contributed by atoms with Crippen LogP contribution in [0.1, 0.15) is 12.8 Å². The third kappa shape index (κ3) is 1.73. The Morgan fingerprint density at radius 1 is 1.56 bits per heavy atom. The average molecular weight is 227 g/mol. The van der Waals surface area contributed by atoms with Gasteiger partial charge in [0.05, 0.1) is 6.42 Å². The number of carbonyl (C=O) groups excluding carboxylic acids is 2. The molecule has 3 atom stereocenters. The van der Waals surface area contributed by atoms with Gasteiger partial charge in [0.2, 0.25) is 11.8 Å². The summed E-state index contributed by atoms with van der Waals surface area (Å²) >= 11 is 0. The fraction of sp³-hybridized carbons (Fsp3) is 0.667. The summed E-state index contributed by atoms with van der Waals surface area (Å²) in [7, 11) is 0. The van der Waals surface area contributed by atoms with Gasteiger partial charge in [0, 0.05) is 12.6 Å². The molecule has 88 valence electrons. The number of carbonyl (C=O) groups is 3. The molecule has 4 N–H and O–H groups in total. The molecule has 0 spiro atoms. The predicted molar refractivity (Wildman–Crippen MR) is 52.3 cm³/mol. The molecule has 7 heteroatoms. The Morgan fingerprint density at radius 3 is 2.88 bits per heavy atom. The molecule has 0 aromatic carbocycles. The Labute approximate surface area is 91.6 Å². The fourth-order valence-corrected chi connectivity index (χ4v) is 2.20. The van der Waals surface area contributed by atoms with E-state index in [0.717, 1.165) is 0 Å². The maximum atomic E-state index is 11.8. The molecule has 2 unspecified atom stereocenters. The quantitative estimate of drug-likeness (QED) is 0.499. The lowest BCUT2D eigenvalue weighted by Crippen LogP contribution is -2.61. The molecule has 2 heterocycles. The van der Waals surface area contributed by atoms with Gasteiger partial charge in [-0.15, -0.1) is 0 Å². The van der Waals surface area contributed by atoms with E-state index in [1.54, 1.807) is 0 Å². The van der Waals surface area contributed by atoms with Crippen LogP contribution in [0, 0.1) is 0 Å². The molecular formula is C9H13N3O4. The van der Waals surface area contributed by atoms with E-state index in [2.05, 4.69) is 5.32 Å². The van der Waals surface area contributed by atoms with Crippen LogP contribution in [0.3, 0.4) is 0 Å². The Bertz CT molecular complexity index is 357. The van der Waals surface area contributed by atoms with Crippen molar-refractivity contribution < 1.29 is 19.5 Å². The van der Waals surface area contributed by atoms with Crippen LogP contribution in [-0.2, 0) is 14.4 Å². The molecule has 0 aliphatic carbocycles.